The fourth-order valence-electron chi connectivity index (χ4n) is 1.52. The Morgan fingerprint density at radius 3 is 1.00 bits per heavy atom. The van der Waals surface area contributed by atoms with Gasteiger partial charge < -0.3 is 0 Å². The molecule has 0 saturated carbocycles. The van der Waals surface area contributed by atoms with Crippen molar-refractivity contribution in [2.24, 2.45) is 0 Å². The van der Waals surface area contributed by atoms with Crippen LogP contribution in [0.5, 0.6) is 0 Å². The molecule has 0 N–H and O–H groups in total. The van der Waals surface area contributed by atoms with Gasteiger partial charge in [-0.05, 0) is 0 Å². The van der Waals surface area contributed by atoms with Crippen LogP contribution >= 0.6 is 0 Å². The highest BCUT2D eigenvalue weighted by Gasteiger charge is 3.04. The second-order valence-electron chi connectivity index (χ2n) is 3.45. The summed E-state index contributed by atoms with van der Waals surface area (Å²) in [5.74, 6) is 0. The third-order valence-corrected chi connectivity index (χ3v) is 2.36. The molecule has 0 amide bonds. The van der Waals surface area contributed by atoms with Crippen LogP contribution in [0.25, 0.3) is 0 Å². The molecular weight excluding hydrogens is 316 g/mol. The third-order valence-electron chi connectivity index (χ3n) is 2.36. The van der Waals surface area contributed by atoms with E-state index >= 15 is 0 Å². The summed E-state index contributed by atoms with van der Waals surface area (Å²) < 4.78 is 148. The number of rotatable bonds is 0. The van der Waals surface area contributed by atoms with E-state index in [1.807, 2.05) is 4.74 Å². The summed E-state index contributed by atoms with van der Waals surface area (Å²) in [7, 11) is 0. The number of halogens is 12. The lowest BCUT2D eigenvalue weighted by Gasteiger charge is -2.57. The van der Waals surface area contributed by atoms with E-state index in [1.165, 1.54) is 0 Å². The Labute approximate surface area is 94.7 Å². The predicted molar refractivity (Wildman–Crippen MR) is 30.8 cm³/mol. The van der Waals surface area contributed by atoms with Gasteiger partial charge in [-0.3, -0.25) is 4.74 Å². The summed E-state index contributed by atoms with van der Waals surface area (Å²) in [6, 6.07) is 0. The number of ether oxygens (including phenoxy) is 1. The lowest BCUT2D eigenvalue weighted by molar-refractivity contribution is -0.605. The number of hydrogen-bond donors (Lipinski definition) is 0. The third kappa shape index (κ3) is 1.56. The van der Waals surface area contributed by atoms with Crippen molar-refractivity contribution in [3.8, 4) is 0 Å². The maximum absolute atomic E-state index is 13.1. The molecule has 1 saturated heterocycles. The molecule has 1 heterocycles. The number of alkyl halides is 12. The maximum Gasteiger partial charge on any atom is 0.435 e. The van der Waals surface area contributed by atoms with E-state index in [1.54, 1.807) is 0 Å². The van der Waals surface area contributed by atoms with Crippen LogP contribution in [0, 0.1) is 0 Å². The minimum Gasteiger partial charge on any atom is -0.288 e. The average molecular weight is 316 g/mol. The first-order chi connectivity index (χ1) is 7.96. The molecule has 0 aromatic rings. The molecule has 19 heavy (non-hydrogen) atoms. The Kier molecular flexibility index (Phi) is 2.90. The van der Waals surface area contributed by atoms with E-state index in [2.05, 4.69) is 0 Å². The Morgan fingerprint density at radius 1 is 0.579 bits per heavy atom. The Morgan fingerprint density at radius 2 is 0.895 bits per heavy atom. The van der Waals surface area contributed by atoms with Gasteiger partial charge in [0.25, 0.3) is 0 Å². The van der Waals surface area contributed by atoms with Gasteiger partial charge in [0, 0.05) is 0 Å². The molecule has 1 fully saturated rings. The van der Waals surface area contributed by atoms with Crippen LogP contribution in [-0.4, -0.2) is 35.9 Å². The second-order valence-corrected chi connectivity index (χ2v) is 3.45. The number of hydrogen-bond acceptors (Lipinski definition) is 1. The van der Waals surface area contributed by atoms with Crippen LogP contribution in [-0.2, 0) is 4.74 Å². The van der Waals surface area contributed by atoms with E-state index in [0.29, 0.717) is 0 Å². The lowest BCUT2D eigenvalue weighted by Crippen LogP contribution is -2.90. The first-order valence-electron chi connectivity index (χ1n) is 3.93. The van der Waals surface area contributed by atoms with Crippen LogP contribution in [0.4, 0.5) is 52.7 Å². The summed E-state index contributed by atoms with van der Waals surface area (Å²) in [5.41, 5.74) is -13.6. The Bertz CT molecular complexity index is 347. The van der Waals surface area contributed by atoms with Crippen LogP contribution in [0.2, 0.25) is 0 Å². The molecule has 0 unspecified atom stereocenters. The lowest BCUT2D eigenvalue weighted by atomic mass is 9.75. The van der Waals surface area contributed by atoms with Gasteiger partial charge in [-0.15, -0.1) is 0 Å². The molecule has 1 rings (SSSR count). The second kappa shape index (κ2) is 3.41. The van der Waals surface area contributed by atoms with E-state index in [0.717, 1.165) is 0 Å². The maximum atomic E-state index is 13.1. The largest absolute Gasteiger partial charge is 0.435 e. The minimum atomic E-state index is -7.17. The van der Waals surface area contributed by atoms with Crippen LogP contribution in [0.1, 0.15) is 0 Å². The van der Waals surface area contributed by atoms with Crippen molar-refractivity contribution >= 4 is 0 Å². The van der Waals surface area contributed by atoms with Gasteiger partial charge in [0.15, 0.2) is 0 Å². The van der Waals surface area contributed by atoms with Gasteiger partial charge in [0.05, 0.1) is 0 Å². The zero-order chi connectivity index (χ0) is 15.7. The van der Waals surface area contributed by atoms with Gasteiger partial charge in [0.2, 0.25) is 0 Å². The SMILES string of the molecule is FC(F)(F)C1(C(F)(F)F)OC(F)(F)[C@]1(F)C(F)(F)F. The van der Waals surface area contributed by atoms with Crippen molar-refractivity contribution in [1.29, 1.82) is 0 Å². The molecule has 0 aliphatic carbocycles. The van der Waals surface area contributed by atoms with Gasteiger partial charge in [-0.2, -0.15) is 48.3 Å². The van der Waals surface area contributed by atoms with Crippen molar-refractivity contribution in [3.63, 3.8) is 0 Å². The molecule has 0 aromatic heterocycles. The van der Waals surface area contributed by atoms with E-state index in [9.17, 15) is 52.7 Å². The van der Waals surface area contributed by atoms with Gasteiger partial charge in [-0.1, -0.05) is 0 Å². The molecule has 0 radical (unpaired) electrons. The summed E-state index contributed by atoms with van der Waals surface area (Å²) in [4.78, 5) is 0. The standard InChI is InChI=1S/C6F12O/c7-1(3(8,9)10)2(4(11,12)13,5(14,15)16)19-6(1,17)18/t1-/m1/s1. The predicted octanol–water partition coefficient (Wildman–Crippen LogP) is 3.74. The molecule has 0 spiro atoms. The molecule has 1 nitrogen and oxygen atoms in total. The normalized spacial score (nSPS) is 30.9. The molecule has 1 aliphatic rings. The highest BCUT2D eigenvalue weighted by atomic mass is 19.4. The highest BCUT2D eigenvalue weighted by molar-refractivity contribution is 5.25. The Balaban J connectivity index is 3.63. The summed E-state index contributed by atoms with van der Waals surface area (Å²) in [6.45, 7) is 0. The monoisotopic (exact) mass is 316 g/mol. The zero-order valence-electron chi connectivity index (χ0n) is 7.94. The quantitative estimate of drug-likeness (QED) is 0.619. The zero-order valence-corrected chi connectivity index (χ0v) is 7.94. The molecule has 1 aliphatic heterocycles. The summed E-state index contributed by atoms with van der Waals surface area (Å²) >= 11 is 0. The fourth-order valence-corrected chi connectivity index (χ4v) is 1.52. The van der Waals surface area contributed by atoms with Crippen LogP contribution in [0.3, 0.4) is 0 Å². The van der Waals surface area contributed by atoms with Gasteiger partial charge >= 0.3 is 35.9 Å². The van der Waals surface area contributed by atoms with Gasteiger partial charge in [0.1, 0.15) is 0 Å². The van der Waals surface area contributed by atoms with E-state index in [4.69, 9.17) is 0 Å². The topological polar surface area (TPSA) is 9.23 Å². The van der Waals surface area contributed by atoms with Crippen molar-refractivity contribution in [3.05, 3.63) is 0 Å². The highest BCUT2D eigenvalue weighted by Crippen LogP contribution is 2.71. The van der Waals surface area contributed by atoms with Crippen molar-refractivity contribution < 1.29 is 57.4 Å². The first kappa shape index (κ1) is 16.2. The summed E-state index contributed by atoms with van der Waals surface area (Å²) in [6.07, 6.45) is -27.7. The molecule has 1 atom stereocenters. The molecule has 114 valence electrons. The molecule has 0 aromatic carbocycles. The van der Waals surface area contributed by atoms with Crippen LogP contribution < -0.4 is 0 Å². The molecule has 0 bridgehead atoms. The Hall–Kier alpha value is -0.880. The minimum absolute atomic E-state index is 2.01. The fraction of sp³-hybridized carbons (Fsp3) is 1.00. The van der Waals surface area contributed by atoms with Crippen molar-refractivity contribution in [1.82, 2.24) is 0 Å². The first-order valence-corrected chi connectivity index (χ1v) is 3.93. The summed E-state index contributed by atoms with van der Waals surface area (Å²) in [5, 5.41) is 0. The average Bonchev–Trinajstić information content (AvgIpc) is 2.06. The van der Waals surface area contributed by atoms with Crippen molar-refractivity contribution in [2.75, 3.05) is 0 Å². The van der Waals surface area contributed by atoms with E-state index < -0.39 is 35.9 Å². The molecule has 13 heteroatoms. The van der Waals surface area contributed by atoms with Crippen molar-refractivity contribution in [2.45, 2.75) is 35.9 Å². The molecular formula is C6F12O. The van der Waals surface area contributed by atoms with Crippen LogP contribution in [0.15, 0.2) is 0 Å². The van der Waals surface area contributed by atoms with Gasteiger partial charge in [-0.25, -0.2) is 4.39 Å². The smallest absolute Gasteiger partial charge is 0.288 e. The van der Waals surface area contributed by atoms with E-state index in [-0.39, 0.29) is 0 Å².